The number of rotatable bonds is 5. The lowest BCUT2D eigenvalue weighted by atomic mass is 9.88. The summed E-state index contributed by atoms with van der Waals surface area (Å²) in [7, 11) is 2.16. The van der Waals surface area contributed by atoms with Crippen LogP contribution in [0.1, 0.15) is 50.4 Å². The first-order chi connectivity index (χ1) is 10.1. The van der Waals surface area contributed by atoms with Crippen LogP contribution in [0.25, 0.3) is 0 Å². The molecular weight excluding hydrogens is 282 g/mol. The topological polar surface area (TPSA) is 29.0 Å². The van der Waals surface area contributed by atoms with Crippen LogP contribution in [-0.4, -0.2) is 23.6 Å². The van der Waals surface area contributed by atoms with Gasteiger partial charge in [0.2, 0.25) is 0 Å². The van der Waals surface area contributed by atoms with Gasteiger partial charge in [-0.25, -0.2) is 9.97 Å². The molecule has 4 heteroatoms. The molecule has 0 aliphatic heterocycles. The van der Waals surface area contributed by atoms with Gasteiger partial charge in [0.1, 0.15) is 16.8 Å². The molecular formula is C17H26ClN3. The highest BCUT2D eigenvalue weighted by Gasteiger charge is 2.39. The molecule has 2 aliphatic carbocycles. The van der Waals surface area contributed by atoms with Gasteiger partial charge in [-0.2, -0.15) is 0 Å². The molecule has 0 spiro atoms. The van der Waals surface area contributed by atoms with Crippen molar-refractivity contribution in [3.05, 3.63) is 16.5 Å². The molecule has 1 aromatic rings. The van der Waals surface area contributed by atoms with Gasteiger partial charge in [0, 0.05) is 25.6 Å². The molecule has 1 aromatic heterocycles. The number of fused-ring (bicyclic) bond motifs is 2. The zero-order chi connectivity index (χ0) is 15.0. The van der Waals surface area contributed by atoms with Gasteiger partial charge in [0.05, 0.1) is 0 Å². The highest BCUT2D eigenvalue weighted by atomic mass is 35.5. The van der Waals surface area contributed by atoms with Crippen LogP contribution in [0.4, 0.5) is 5.82 Å². The van der Waals surface area contributed by atoms with Crippen molar-refractivity contribution in [1.29, 1.82) is 0 Å². The number of halogens is 1. The van der Waals surface area contributed by atoms with Crippen molar-refractivity contribution >= 4 is 17.4 Å². The van der Waals surface area contributed by atoms with Crippen molar-refractivity contribution in [3.8, 4) is 0 Å². The maximum Gasteiger partial charge on any atom is 0.137 e. The zero-order valence-electron chi connectivity index (χ0n) is 13.4. The number of hydrogen-bond acceptors (Lipinski definition) is 3. The fourth-order valence-corrected chi connectivity index (χ4v) is 4.45. The predicted octanol–water partition coefficient (Wildman–Crippen LogP) is 4.26. The maximum absolute atomic E-state index is 6.30. The smallest absolute Gasteiger partial charge is 0.137 e. The lowest BCUT2D eigenvalue weighted by Crippen LogP contribution is -2.30. The van der Waals surface area contributed by atoms with E-state index in [1.165, 1.54) is 25.7 Å². The SMILES string of the molecule is CCCc1nc(Cl)c(C)c(N(C)CC2CC3CCC2C3)n1. The normalized spacial score (nSPS) is 27.3. The van der Waals surface area contributed by atoms with E-state index in [2.05, 4.69) is 23.9 Å². The minimum absolute atomic E-state index is 0.614. The molecule has 0 aromatic carbocycles. The zero-order valence-corrected chi connectivity index (χ0v) is 14.2. The van der Waals surface area contributed by atoms with Crippen molar-refractivity contribution in [2.75, 3.05) is 18.5 Å². The molecule has 3 unspecified atom stereocenters. The molecule has 21 heavy (non-hydrogen) atoms. The second-order valence-corrected chi connectivity index (χ2v) is 7.30. The molecule has 2 bridgehead atoms. The molecule has 0 radical (unpaired) electrons. The van der Waals surface area contributed by atoms with Crippen LogP contribution in [0.2, 0.25) is 5.15 Å². The molecule has 2 saturated carbocycles. The number of hydrogen-bond donors (Lipinski definition) is 0. The van der Waals surface area contributed by atoms with Crippen LogP contribution in [0, 0.1) is 24.7 Å². The van der Waals surface area contributed by atoms with Gasteiger partial charge >= 0.3 is 0 Å². The quantitative estimate of drug-likeness (QED) is 0.761. The summed E-state index contributed by atoms with van der Waals surface area (Å²) in [6, 6.07) is 0. The lowest BCUT2D eigenvalue weighted by molar-refractivity contribution is 0.337. The monoisotopic (exact) mass is 307 g/mol. The molecule has 116 valence electrons. The van der Waals surface area contributed by atoms with E-state index in [0.717, 1.165) is 54.3 Å². The van der Waals surface area contributed by atoms with Crippen LogP contribution < -0.4 is 4.90 Å². The van der Waals surface area contributed by atoms with Crippen LogP contribution in [0.5, 0.6) is 0 Å². The Balaban J connectivity index is 1.75. The lowest BCUT2D eigenvalue weighted by Gasteiger charge is -2.29. The Hall–Kier alpha value is -0.830. The fraction of sp³-hybridized carbons (Fsp3) is 0.765. The van der Waals surface area contributed by atoms with Crippen molar-refractivity contribution in [2.24, 2.45) is 17.8 Å². The second-order valence-electron chi connectivity index (χ2n) is 6.94. The van der Waals surface area contributed by atoms with Crippen molar-refractivity contribution in [3.63, 3.8) is 0 Å². The second kappa shape index (κ2) is 6.12. The summed E-state index contributed by atoms with van der Waals surface area (Å²) >= 11 is 6.30. The van der Waals surface area contributed by atoms with E-state index in [1.54, 1.807) is 0 Å². The van der Waals surface area contributed by atoms with Gasteiger partial charge in [-0.1, -0.05) is 24.9 Å². The van der Waals surface area contributed by atoms with Crippen molar-refractivity contribution in [1.82, 2.24) is 9.97 Å². The van der Waals surface area contributed by atoms with Gasteiger partial charge in [-0.05, 0) is 50.4 Å². The van der Waals surface area contributed by atoms with E-state index < -0.39 is 0 Å². The van der Waals surface area contributed by atoms with E-state index in [4.69, 9.17) is 16.6 Å². The highest BCUT2D eigenvalue weighted by molar-refractivity contribution is 6.30. The standard InChI is InChI=1S/C17H26ClN3/c1-4-5-15-19-16(18)11(2)17(20-15)21(3)10-14-9-12-6-7-13(14)8-12/h12-14H,4-10H2,1-3H3. The van der Waals surface area contributed by atoms with E-state index in [-0.39, 0.29) is 0 Å². The van der Waals surface area contributed by atoms with Crippen LogP contribution in [-0.2, 0) is 6.42 Å². The average molecular weight is 308 g/mol. The number of anilines is 1. The first-order valence-electron chi connectivity index (χ1n) is 8.32. The van der Waals surface area contributed by atoms with E-state index in [9.17, 15) is 0 Å². The van der Waals surface area contributed by atoms with E-state index >= 15 is 0 Å². The summed E-state index contributed by atoms with van der Waals surface area (Å²) < 4.78 is 0. The Morgan fingerprint density at radius 2 is 2.05 bits per heavy atom. The third-order valence-corrected chi connectivity index (χ3v) is 5.70. The summed E-state index contributed by atoms with van der Waals surface area (Å²) in [4.78, 5) is 11.5. The first-order valence-corrected chi connectivity index (χ1v) is 8.70. The van der Waals surface area contributed by atoms with Gasteiger partial charge in [-0.15, -0.1) is 0 Å². The average Bonchev–Trinajstić information content (AvgIpc) is 3.05. The largest absolute Gasteiger partial charge is 0.359 e. The Kier molecular flexibility index (Phi) is 4.39. The predicted molar refractivity (Wildman–Crippen MR) is 88.0 cm³/mol. The molecule has 0 saturated heterocycles. The Bertz CT molecular complexity index is 517. The molecule has 2 fully saturated rings. The van der Waals surface area contributed by atoms with E-state index in [1.807, 2.05) is 6.92 Å². The molecule has 3 nitrogen and oxygen atoms in total. The molecule has 0 N–H and O–H groups in total. The number of aromatic nitrogens is 2. The summed E-state index contributed by atoms with van der Waals surface area (Å²) in [6.45, 7) is 5.29. The van der Waals surface area contributed by atoms with E-state index in [0.29, 0.717) is 5.15 Å². The van der Waals surface area contributed by atoms with Crippen molar-refractivity contribution in [2.45, 2.75) is 52.4 Å². The molecule has 0 amide bonds. The van der Waals surface area contributed by atoms with Crippen LogP contribution >= 0.6 is 11.6 Å². The van der Waals surface area contributed by atoms with Gasteiger partial charge in [-0.3, -0.25) is 0 Å². The van der Waals surface area contributed by atoms with Crippen LogP contribution in [0.3, 0.4) is 0 Å². The van der Waals surface area contributed by atoms with Crippen LogP contribution in [0.15, 0.2) is 0 Å². The number of nitrogens with zero attached hydrogens (tertiary/aromatic N) is 3. The van der Waals surface area contributed by atoms with Gasteiger partial charge in [0.15, 0.2) is 0 Å². The maximum atomic E-state index is 6.30. The Morgan fingerprint density at radius 1 is 1.24 bits per heavy atom. The minimum Gasteiger partial charge on any atom is -0.359 e. The molecule has 3 atom stereocenters. The third-order valence-electron chi connectivity index (χ3n) is 5.34. The molecule has 2 aliphatic rings. The van der Waals surface area contributed by atoms with Crippen molar-refractivity contribution < 1.29 is 0 Å². The summed E-state index contributed by atoms with van der Waals surface area (Å²) in [5, 5.41) is 0.614. The molecule has 1 heterocycles. The highest BCUT2D eigenvalue weighted by Crippen LogP contribution is 2.48. The first kappa shape index (κ1) is 15.1. The summed E-state index contributed by atoms with van der Waals surface area (Å²) in [5.41, 5.74) is 1.02. The molecule has 3 rings (SSSR count). The summed E-state index contributed by atoms with van der Waals surface area (Å²) in [6.07, 6.45) is 7.72. The van der Waals surface area contributed by atoms with Gasteiger partial charge < -0.3 is 4.90 Å². The Labute approximate surface area is 133 Å². The Morgan fingerprint density at radius 3 is 2.67 bits per heavy atom. The van der Waals surface area contributed by atoms with Gasteiger partial charge in [0.25, 0.3) is 0 Å². The summed E-state index contributed by atoms with van der Waals surface area (Å²) in [5.74, 6) is 4.70. The fourth-order valence-electron chi connectivity index (χ4n) is 4.27. The third kappa shape index (κ3) is 3.03. The number of aryl methyl sites for hydroxylation is 1. The minimum atomic E-state index is 0.614.